The van der Waals surface area contributed by atoms with Gasteiger partial charge in [-0.05, 0) is 40.9 Å². The zero-order chi connectivity index (χ0) is 18.8. The quantitative estimate of drug-likeness (QED) is 0.831. The maximum Gasteiger partial charge on any atom is 0.275 e. The molecule has 2 amide bonds. The van der Waals surface area contributed by atoms with Gasteiger partial charge in [0.1, 0.15) is 0 Å². The summed E-state index contributed by atoms with van der Waals surface area (Å²) in [6, 6.07) is 7.58. The van der Waals surface area contributed by atoms with Gasteiger partial charge >= 0.3 is 0 Å². The van der Waals surface area contributed by atoms with Gasteiger partial charge in [-0.1, -0.05) is 31.5 Å². The molecule has 1 aliphatic heterocycles. The smallest absolute Gasteiger partial charge is 0.275 e. The highest BCUT2D eigenvalue weighted by Crippen LogP contribution is 2.26. The molecule has 0 radical (unpaired) electrons. The molecule has 0 saturated carbocycles. The summed E-state index contributed by atoms with van der Waals surface area (Å²) in [5.74, 6) is 0.157. The summed E-state index contributed by atoms with van der Waals surface area (Å²) in [5.41, 5.74) is 3.14. The van der Waals surface area contributed by atoms with Crippen molar-refractivity contribution < 1.29 is 9.59 Å². The molecule has 0 spiro atoms. The Bertz CT molecular complexity index is 805. The van der Waals surface area contributed by atoms with E-state index in [4.69, 9.17) is 0 Å². The van der Waals surface area contributed by atoms with E-state index in [0.717, 1.165) is 15.7 Å². The summed E-state index contributed by atoms with van der Waals surface area (Å²) < 4.78 is 0.732. The van der Waals surface area contributed by atoms with Crippen LogP contribution in [0.5, 0.6) is 0 Å². The third-order valence-electron chi connectivity index (χ3n) is 4.67. The fraction of sp³-hybridized carbons (Fsp3) is 0.421. The Morgan fingerprint density at radius 3 is 2.08 bits per heavy atom. The summed E-state index contributed by atoms with van der Waals surface area (Å²) in [7, 11) is 0. The lowest BCUT2D eigenvalue weighted by Gasteiger charge is -2.34. The molecule has 1 aromatic heterocycles. The van der Waals surface area contributed by atoms with E-state index in [1.165, 1.54) is 0 Å². The number of benzene rings is 1. The molecule has 2 aromatic rings. The summed E-state index contributed by atoms with van der Waals surface area (Å²) in [6.45, 7) is 8.15. The summed E-state index contributed by atoms with van der Waals surface area (Å²) in [5, 5.41) is 7.12. The molecule has 1 aliphatic rings. The van der Waals surface area contributed by atoms with E-state index in [9.17, 15) is 9.59 Å². The topological polar surface area (TPSA) is 69.3 Å². The Morgan fingerprint density at radius 2 is 1.58 bits per heavy atom. The predicted molar refractivity (Wildman–Crippen MR) is 103 cm³/mol. The number of piperazine rings is 1. The zero-order valence-electron chi connectivity index (χ0n) is 15.3. The second kappa shape index (κ2) is 7.61. The van der Waals surface area contributed by atoms with E-state index >= 15 is 0 Å². The molecular weight excluding hydrogens is 396 g/mol. The number of amides is 2. The number of aromatic amines is 1. The van der Waals surface area contributed by atoms with E-state index in [1.807, 2.05) is 45.0 Å². The first-order chi connectivity index (χ1) is 12.4. The third-order valence-corrected chi connectivity index (χ3v) is 5.47. The van der Waals surface area contributed by atoms with Crippen LogP contribution < -0.4 is 0 Å². The highest BCUT2D eigenvalue weighted by molar-refractivity contribution is 9.10. The molecular formula is C19H23BrN4O2. The van der Waals surface area contributed by atoms with Crippen molar-refractivity contribution in [3.05, 3.63) is 51.3 Å². The number of rotatable bonds is 3. The molecule has 0 atom stereocenters. The van der Waals surface area contributed by atoms with Crippen molar-refractivity contribution in [1.82, 2.24) is 20.0 Å². The molecule has 3 rings (SSSR count). The number of hydrogen-bond acceptors (Lipinski definition) is 3. The molecule has 0 unspecified atom stereocenters. The highest BCUT2D eigenvalue weighted by atomic mass is 79.9. The van der Waals surface area contributed by atoms with Gasteiger partial charge in [0.05, 0.1) is 10.2 Å². The number of aromatic nitrogens is 2. The SMILES string of the molecule is Cc1ccc(C(=O)N2CCN(C(=O)c3n[nH]c(C(C)C)c3Br)CC2)cc1. The summed E-state index contributed by atoms with van der Waals surface area (Å²) in [6.07, 6.45) is 0. The molecule has 0 bridgehead atoms. The van der Waals surface area contributed by atoms with Gasteiger partial charge < -0.3 is 9.80 Å². The van der Waals surface area contributed by atoms with Crippen molar-refractivity contribution >= 4 is 27.7 Å². The average Bonchev–Trinajstić information content (AvgIpc) is 3.03. The Balaban J connectivity index is 1.64. The van der Waals surface area contributed by atoms with Crippen LogP contribution in [0.4, 0.5) is 0 Å². The van der Waals surface area contributed by atoms with Crippen LogP contribution in [0.25, 0.3) is 0 Å². The van der Waals surface area contributed by atoms with Crippen LogP contribution in [0, 0.1) is 6.92 Å². The van der Waals surface area contributed by atoms with Gasteiger partial charge in [-0.3, -0.25) is 14.7 Å². The molecule has 26 heavy (non-hydrogen) atoms. The van der Waals surface area contributed by atoms with Crippen LogP contribution in [0.2, 0.25) is 0 Å². The van der Waals surface area contributed by atoms with Gasteiger partial charge in [0.25, 0.3) is 11.8 Å². The molecule has 2 heterocycles. The molecule has 7 heteroatoms. The van der Waals surface area contributed by atoms with E-state index in [0.29, 0.717) is 37.4 Å². The van der Waals surface area contributed by atoms with Gasteiger partial charge in [0, 0.05) is 31.7 Å². The molecule has 1 N–H and O–H groups in total. The fourth-order valence-electron chi connectivity index (χ4n) is 3.01. The number of nitrogens with zero attached hydrogens (tertiary/aromatic N) is 3. The molecule has 1 fully saturated rings. The van der Waals surface area contributed by atoms with Crippen LogP contribution in [-0.2, 0) is 0 Å². The molecule has 6 nitrogen and oxygen atoms in total. The van der Waals surface area contributed by atoms with Gasteiger partial charge in [-0.2, -0.15) is 5.10 Å². The number of halogens is 1. The van der Waals surface area contributed by atoms with Crippen molar-refractivity contribution in [2.45, 2.75) is 26.7 Å². The summed E-state index contributed by atoms with van der Waals surface area (Å²) >= 11 is 3.48. The number of carbonyl (C=O) groups excluding carboxylic acids is 2. The first kappa shape index (κ1) is 18.6. The van der Waals surface area contributed by atoms with E-state index in [1.54, 1.807) is 9.80 Å². The zero-order valence-corrected chi connectivity index (χ0v) is 16.8. The first-order valence-corrected chi connectivity index (χ1v) is 9.56. The molecule has 0 aliphatic carbocycles. The fourth-order valence-corrected chi connectivity index (χ4v) is 3.81. The van der Waals surface area contributed by atoms with Gasteiger partial charge in [0.2, 0.25) is 0 Å². The van der Waals surface area contributed by atoms with Crippen LogP contribution in [0.15, 0.2) is 28.7 Å². The third kappa shape index (κ3) is 3.67. The van der Waals surface area contributed by atoms with Crippen LogP contribution in [0.3, 0.4) is 0 Å². The maximum atomic E-state index is 12.8. The summed E-state index contributed by atoms with van der Waals surface area (Å²) in [4.78, 5) is 28.9. The number of H-pyrrole nitrogens is 1. The molecule has 1 aromatic carbocycles. The Morgan fingerprint density at radius 1 is 1.04 bits per heavy atom. The lowest BCUT2D eigenvalue weighted by molar-refractivity contribution is 0.0531. The van der Waals surface area contributed by atoms with E-state index in [-0.39, 0.29) is 17.7 Å². The van der Waals surface area contributed by atoms with Crippen molar-refractivity contribution in [3.8, 4) is 0 Å². The minimum absolute atomic E-state index is 0.0140. The monoisotopic (exact) mass is 418 g/mol. The first-order valence-electron chi connectivity index (χ1n) is 8.77. The van der Waals surface area contributed by atoms with E-state index in [2.05, 4.69) is 26.1 Å². The minimum atomic E-state index is -0.109. The lowest BCUT2D eigenvalue weighted by atomic mass is 10.1. The number of aryl methyl sites for hydroxylation is 1. The number of carbonyl (C=O) groups is 2. The predicted octanol–water partition coefficient (Wildman–Crippen LogP) is 3.20. The Kier molecular flexibility index (Phi) is 5.46. The van der Waals surface area contributed by atoms with Crippen LogP contribution >= 0.6 is 15.9 Å². The standard InChI is InChI=1S/C19H23BrN4O2/c1-12(2)16-15(20)17(22-21-16)19(26)24-10-8-23(9-11-24)18(25)14-6-4-13(3)5-7-14/h4-7,12H,8-11H2,1-3H3,(H,21,22). The van der Waals surface area contributed by atoms with Gasteiger partial charge in [0.15, 0.2) is 5.69 Å². The van der Waals surface area contributed by atoms with Gasteiger partial charge in [-0.15, -0.1) is 0 Å². The van der Waals surface area contributed by atoms with Crippen LogP contribution in [0.1, 0.15) is 51.9 Å². The second-order valence-corrected chi connectivity index (χ2v) is 7.70. The lowest BCUT2D eigenvalue weighted by Crippen LogP contribution is -2.50. The second-order valence-electron chi connectivity index (χ2n) is 6.90. The number of hydrogen-bond donors (Lipinski definition) is 1. The number of nitrogens with one attached hydrogen (secondary N) is 1. The van der Waals surface area contributed by atoms with E-state index < -0.39 is 0 Å². The van der Waals surface area contributed by atoms with Crippen molar-refractivity contribution in [2.24, 2.45) is 0 Å². The normalized spacial score (nSPS) is 14.8. The van der Waals surface area contributed by atoms with Crippen molar-refractivity contribution in [1.29, 1.82) is 0 Å². The maximum absolute atomic E-state index is 12.8. The highest BCUT2D eigenvalue weighted by Gasteiger charge is 2.28. The largest absolute Gasteiger partial charge is 0.335 e. The molecule has 1 saturated heterocycles. The minimum Gasteiger partial charge on any atom is -0.335 e. The van der Waals surface area contributed by atoms with Crippen molar-refractivity contribution in [3.63, 3.8) is 0 Å². The Hall–Kier alpha value is -2.15. The van der Waals surface area contributed by atoms with Gasteiger partial charge in [-0.25, -0.2) is 0 Å². The molecule has 138 valence electrons. The van der Waals surface area contributed by atoms with Crippen molar-refractivity contribution in [2.75, 3.05) is 26.2 Å². The van der Waals surface area contributed by atoms with Crippen LogP contribution in [-0.4, -0.2) is 58.0 Å². The Labute approximate surface area is 161 Å². The average molecular weight is 419 g/mol.